The van der Waals surface area contributed by atoms with Crippen LogP contribution in [0.3, 0.4) is 0 Å². The first-order chi connectivity index (χ1) is 9.07. The van der Waals surface area contributed by atoms with Crippen LogP contribution in [-0.4, -0.2) is 24.0 Å². The summed E-state index contributed by atoms with van der Waals surface area (Å²) < 4.78 is 0.682. The minimum atomic E-state index is -0.291. The highest BCUT2D eigenvalue weighted by atomic mass is 79.9. The van der Waals surface area contributed by atoms with Crippen LogP contribution in [0.4, 0.5) is 5.69 Å². The summed E-state index contributed by atoms with van der Waals surface area (Å²) in [5.74, 6) is 0.0652. The number of pyridine rings is 1. The van der Waals surface area contributed by atoms with E-state index in [9.17, 15) is 4.79 Å². The second kappa shape index (κ2) is 6.20. The van der Waals surface area contributed by atoms with Crippen LogP contribution in [-0.2, 0) is 4.79 Å². The van der Waals surface area contributed by atoms with Crippen molar-refractivity contribution in [2.75, 3.05) is 18.4 Å². The molecule has 0 aliphatic carbocycles. The van der Waals surface area contributed by atoms with E-state index in [2.05, 4.69) is 38.5 Å². The molecule has 1 saturated heterocycles. The van der Waals surface area contributed by atoms with Crippen LogP contribution < -0.4 is 10.6 Å². The molecule has 1 fully saturated rings. The summed E-state index contributed by atoms with van der Waals surface area (Å²) >= 11 is 9.15. The first-order valence-electron chi connectivity index (χ1n) is 6.40. The predicted molar refractivity (Wildman–Crippen MR) is 80.4 cm³/mol. The molecule has 0 saturated carbocycles. The third kappa shape index (κ3) is 3.27. The second-order valence-corrected chi connectivity index (χ2v) is 6.12. The first kappa shape index (κ1) is 14.8. The summed E-state index contributed by atoms with van der Waals surface area (Å²) in [7, 11) is 0. The first-order valence-corrected chi connectivity index (χ1v) is 7.58. The number of halogens is 2. The minimum absolute atomic E-state index is 0.0652. The zero-order valence-corrected chi connectivity index (χ0v) is 13.1. The molecule has 0 spiro atoms. The zero-order valence-electron chi connectivity index (χ0n) is 10.8. The van der Waals surface area contributed by atoms with Crippen LogP contribution in [0.1, 0.15) is 26.2 Å². The van der Waals surface area contributed by atoms with Crippen molar-refractivity contribution in [3.8, 4) is 0 Å². The number of amides is 1. The van der Waals surface area contributed by atoms with Gasteiger partial charge in [-0.05, 0) is 41.4 Å². The number of anilines is 1. The maximum absolute atomic E-state index is 12.5. The van der Waals surface area contributed by atoms with Crippen molar-refractivity contribution in [2.45, 2.75) is 26.2 Å². The van der Waals surface area contributed by atoms with Crippen LogP contribution in [0.15, 0.2) is 16.7 Å². The number of hydrogen-bond acceptors (Lipinski definition) is 3. The molecule has 1 unspecified atom stereocenters. The Kier molecular flexibility index (Phi) is 4.81. The van der Waals surface area contributed by atoms with Crippen molar-refractivity contribution in [2.24, 2.45) is 5.41 Å². The normalized spacial score (nSPS) is 22.5. The number of carbonyl (C=O) groups excluding carboxylic acids is 1. The van der Waals surface area contributed by atoms with Gasteiger partial charge in [-0.2, -0.15) is 0 Å². The van der Waals surface area contributed by atoms with Crippen LogP contribution in [0.5, 0.6) is 0 Å². The number of nitrogens with one attached hydrogen (secondary N) is 2. The zero-order chi connectivity index (χ0) is 13.9. The molecule has 0 bridgehead atoms. The van der Waals surface area contributed by atoms with Crippen molar-refractivity contribution >= 4 is 39.1 Å². The van der Waals surface area contributed by atoms with E-state index in [-0.39, 0.29) is 11.3 Å². The van der Waals surface area contributed by atoms with Crippen molar-refractivity contribution in [1.82, 2.24) is 10.3 Å². The van der Waals surface area contributed by atoms with Gasteiger partial charge in [0.15, 0.2) is 0 Å². The second-order valence-electron chi connectivity index (χ2n) is 4.91. The van der Waals surface area contributed by atoms with E-state index in [4.69, 9.17) is 11.6 Å². The lowest BCUT2D eigenvalue weighted by Crippen LogP contribution is -2.38. The Labute approximate surface area is 126 Å². The summed E-state index contributed by atoms with van der Waals surface area (Å²) in [5.41, 5.74) is 0.379. The highest BCUT2D eigenvalue weighted by Crippen LogP contribution is 2.33. The van der Waals surface area contributed by atoms with E-state index >= 15 is 0 Å². The lowest BCUT2D eigenvalue weighted by Gasteiger charge is -2.26. The van der Waals surface area contributed by atoms with E-state index in [0.29, 0.717) is 15.3 Å². The molecule has 1 amide bonds. The fourth-order valence-electron chi connectivity index (χ4n) is 2.50. The molecule has 1 aliphatic rings. The van der Waals surface area contributed by atoms with Crippen LogP contribution in [0, 0.1) is 5.41 Å². The van der Waals surface area contributed by atoms with Gasteiger partial charge in [0.05, 0.1) is 21.8 Å². The minimum Gasteiger partial charge on any atom is -0.324 e. The molecule has 0 radical (unpaired) electrons. The third-order valence-corrected chi connectivity index (χ3v) is 4.64. The maximum atomic E-state index is 12.5. The Morgan fingerprint density at radius 3 is 3.05 bits per heavy atom. The van der Waals surface area contributed by atoms with Crippen molar-refractivity contribution < 1.29 is 4.79 Å². The van der Waals surface area contributed by atoms with Gasteiger partial charge in [-0.25, -0.2) is 4.98 Å². The Hall–Kier alpha value is -0.650. The SMILES string of the molecule is CCCC1(C(=O)Nc2cnc(Cl)c(Br)c2)CCNC1. The van der Waals surface area contributed by atoms with Gasteiger partial charge in [0, 0.05) is 6.54 Å². The fourth-order valence-corrected chi connectivity index (χ4v) is 2.95. The van der Waals surface area contributed by atoms with E-state index < -0.39 is 0 Å². The highest BCUT2D eigenvalue weighted by molar-refractivity contribution is 9.10. The molecule has 2 rings (SSSR count). The largest absolute Gasteiger partial charge is 0.324 e. The molecule has 2 heterocycles. The van der Waals surface area contributed by atoms with Crippen molar-refractivity contribution in [3.63, 3.8) is 0 Å². The average molecular weight is 347 g/mol. The quantitative estimate of drug-likeness (QED) is 0.823. The summed E-state index contributed by atoms with van der Waals surface area (Å²) in [6, 6.07) is 1.77. The summed E-state index contributed by atoms with van der Waals surface area (Å²) in [4.78, 5) is 16.5. The number of aromatic nitrogens is 1. The van der Waals surface area contributed by atoms with Gasteiger partial charge in [0.25, 0.3) is 0 Å². The number of rotatable bonds is 4. The van der Waals surface area contributed by atoms with E-state index in [0.717, 1.165) is 32.4 Å². The lowest BCUT2D eigenvalue weighted by molar-refractivity contribution is -0.125. The topological polar surface area (TPSA) is 54.0 Å². The Bertz CT molecular complexity index is 475. The van der Waals surface area contributed by atoms with Gasteiger partial charge in [0.1, 0.15) is 5.15 Å². The van der Waals surface area contributed by atoms with E-state index in [1.807, 2.05) is 0 Å². The monoisotopic (exact) mass is 345 g/mol. The molecule has 1 aromatic rings. The molecule has 19 heavy (non-hydrogen) atoms. The molecular formula is C13H17BrClN3O. The molecule has 1 atom stereocenters. The molecule has 1 aliphatic heterocycles. The van der Waals surface area contributed by atoms with Crippen molar-refractivity contribution in [3.05, 3.63) is 21.9 Å². The fraction of sp³-hybridized carbons (Fsp3) is 0.538. The van der Waals surface area contributed by atoms with E-state index in [1.54, 1.807) is 12.3 Å². The molecule has 0 aromatic carbocycles. The van der Waals surface area contributed by atoms with Crippen LogP contribution >= 0.6 is 27.5 Å². The van der Waals surface area contributed by atoms with Crippen LogP contribution in [0.2, 0.25) is 5.15 Å². The van der Waals surface area contributed by atoms with Gasteiger partial charge in [0.2, 0.25) is 5.91 Å². The maximum Gasteiger partial charge on any atom is 0.231 e. The lowest BCUT2D eigenvalue weighted by atomic mass is 9.81. The van der Waals surface area contributed by atoms with Gasteiger partial charge in [-0.1, -0.05) is 24.9 Å². The standard InChI is InChI=1S/C13H17BrClN3O/c1-2-3-13(4-5-16-8-13)12(19)18-9-6-10(14)11(15)17-7-9/h6-7,16H,2-5,8H2,1H3,(H,18,19). The highest BCUT2D eigenvalue weighted by Gasteiger charge is 2.40. The van der Waals surface area contributed by atoms with Gasteiger partial charge >= 0.3 is 0 Å². The third-order valence-electron chi connectivity index (χ3n) is 3.51. The average Bonchev–Trinajstić information content (AvgIpc) is 2.84. The van der Waals surface area contributed by atoms with Crippen LogP contribution in [0.25, 0.3) is 0 Å². The Morgan fingerprint density at radius 2 is 2.47 bits per heavy atom. The van der Waals surface area contributed by atoms with Gasteiger partial charge in [-0.3, -0.25) is 4.79 Å². The molecule has 4 nitrogen and oxygen atoms in total. The number of nitrogens with zero attached hydrogens (tertiary/aromatic N) is 1. The summed E-state index contributed by atoms with van der Waals surface area (Å²) in [5, 5.41) is 6.62. The number of carbonyl (C=O) groups is 1. The molecular weight excluding hydrogens is 330 g/mol. The smallest absolute Gasteiger partial charge is 0.231 e. The van der Waals surface area contributed by atoms with Gasteiger partial charge in [-0.15, -0.1) is 0 Å². The van der Waals surface area contributed by atoms with E-state index in [1.165, 1.54) is 0 Å². The number of hydrogen-bond donors (Lipinski definition) is 2. The summed E-state index contributed by atoms with van der Waals surface area (Å²) in [6.07, 6.45) is 4.35. The Morgan fingerprint density at radius 1 is 1.68 bits per heavy atom. The molecule has 6 heteroatoms. The Balaban J connectivity index is 2.12. The van der Waals surface area contributed by atoms with Crippen molar-refractivity contribution in [1.29, 1.82) is 0 Å². The predicted octanol–water partition coefficient (Wildman–Crippen LogP) is 3.22. The molecule has 2 N–H and O–H groups in total. The molecule has 104 valence electrons. The molecule has 1 aromatic heterocycles. The van der Waals surface area contributed by atoms with Gasteiger partial charge < -0.3 is 10.6 Å². The summed E-state index contributed by atoms with van der Waals surface area (Å²) in [6.45, 7) is 3.75.